The molecule has 1 N–H and O–H groups in total. The van der Waals surface area contributed by atoms with E-state index in [2.05, 4.69) is 41.8 Å². The Morgan fingerprint density at radius 3 is 2.30 bits per heavy atom. The van der Waals surface area contributed by atoms with Crippen LogP contribution in [0.15, 0.2) is 34.8 Å². The van der Waals surface area contributed by atoms with Gasteiger partial charge >= 0.3 is 124 Å². The summed E-state index contributed by atoms with van der Waals surface area (Å²) in [7, 11) is 1.50. The number of quaternary nitrogens is 1. The van der Waals surface area contributed by atoms with Crippen molar-refractivity contribution in [2.24, 2.45) is 10.9 Å². The van der Waals surface area contributed by atoms with E-state index in [0.717, 1.165) is 0 Å². The molecule has 2 rings (SSSR count). The first-order chi connectivity index (χ1) is 13.0. The molecule has 0 aliphatic carbocycles. The van der Waals surface area contributed by atoms with Gasteiger partial charge in [-0.3, -0.25) is 0 Å². The SMILES string of the molecule is CC[NH+](CC)CC.COc1ccccc1C1C(=C=[N-])C([Se])=NC(=O)C1C#N. The van der Waals surface area contributed by atoms with E-state index < -0.39 is 17.7 Å². The number of allylic oxidation sites excluding steroid dienone is 1. The average Bonchev–Trinajstić information content (AvgIpc) is 2.69. The second kappa shape index (κ2) is 11.5. The van der Waals surface area contributed by atoms with Gasteiger partial charge in [-0.1, -0.05) is 0 Å². The fourth-order valence-corrected chi connectivity index (χ4v) is 3.48. The van der Waals surface area contributed by atoms with E-state index in [9.17, 15) is 15.5 Å². The Hall–Kier alpha value is -2.22. The van der Waals surface area contributed by atoms with Gasteiger partial charge in [0.2, 0.25) is 0 Å². The van der Waals surface area contributed by atoms with Crippen molar-refractivity contribution in [2.45, 2.75) is 26.7 Å². The molecule has 0 aromatic heterocycles. The van der Waals surface area contributed by atoms with Crippen molar-refractivity contribution in [3.63, 3.8) is 0 Å². The first-order valence-electron chi connectivity index (χ1n) is 8.91. The summed E-state index contributed by atoms with van der Waals surface area (Å²) in [6.07, 6.45) is 0. The van der Waals surface area contributed by atoms with Crippen molar-refractivity contribution in [3.8, 4) is 11.8 Å². The Bertz CT molecular complexity index is 769. The number of para-hydroxylation sites is 1. The number of carbonyl (C=O) groups is 1. The van der Waals surface area contributed by atoms with Gasteiger partial charge in [-0.25, -0.2) is 0 Å². The summed E-state index contributed by atoms with van der Waals surface area (Å²) >= 11 is 2.61. The Morgan fingerprint density at radius 2 is 1.85 bits per heavy atom. The van der Waals surface area contributed by atoms with Crippen LogP contribution in [0.3, 0.4) is 0 Å². The maximum absolute atomic E-state index is 11.9. The number of benzene rings is 1. The van der Waals surface area contributed by atoms with E-state index >= 15 is 0 Å². The molecule has 1 heterocycles. The summed E-state index contributed by atoms with van der Waals surface area (Å²) < 4.78 is 5.50. The number of aliphatic imine (C=N–C) groups is 1. The average molecular weight is 432 g/mol. The Balaban J connectivity index is 0.000000445. The molecule has 1 radical (unpaired) electrons. The van der Waals surface area contributed by atoms with E-state index in [-0.39, 0.29) is 10.2 Å². The maximum atomic E-state index is 11.9. The van der Waals surface area contributed by atoms with Crippen molar-refractivity contribution < 1.29 is 14.4 Å². The molecule has 2 unspecified atom stereocenters. The van der Waals surface area contributed by atoms with Crippen LogP contribution >= 0.6 is 0 Å². The van der Waals surface area contributed by atoms with Gasteiger partial charge in [0.25, 0.3) is 0 Å². The molecular formula is C20H25N4O2Se. The van der Waals surface area contributed by atoms with Crippen LogP contribution in [0.2, 0.25) is 0 Å². The Morgan fingerprint density at radius 1 is 1.26 bits per heavy atom. The number of nitrogens with one attached hydrogen (secondary N) is 1. The van der Waals surface area contributed by atoms with Crippen molar-refractivity contribution in [1.29, 1.82) is 5.26 Å². The zero-order valence-electron chi connectivity index (χ0n) is 16.2. The molecular weight excluding hydrogens is 407 g/mol. The predicted molar refractivity (Wildman–Crippen MR) is 107 cm³/mol. The number of carbonyl (C=O) groups excluding carboxylic acids is 1. The number of nitriles is 1. The third-order valence-electron chi connectivity index (χ3n) is 4.59. The second-order valence-electron chi connectivity index (χ2n) is 5.92. The van der Waals surface area contributed by atoms with E-state index in [0.29, 0.717) is 11.3 Å². The summed E-state index contributed by atoms with van der Waals surface area (Å²) in [4.78, 5) is 17.3. The van der Waals surface area contributed by atoms with E-state index in [1.165, 1.54) is 26.7 Å². The van der Waals surface area contributed by atoms with Gasteiger partial charge in [-0.2, -0.15) is 0 Å². The first kappa shape index (κ1) is 22.8. The number of rotatable bonds is 5. The molecule has 1 aromatic carbocycles. The van der Waals surface area contributed by atoms with E-state index in [1.807, 2.05) is 11.9 Å². The van der Waals surface area contributed by atoms with Crippen LogP contribution in [-0.4, -0.2) is 59.1 Å². The molecule has 7 heteroatoms. The zero-order valence-corrected chi connectivity index (χ0v) is 17.9. The predicted octanol–water partition coefficient (Wildman–Crippen LogP) is 1.12. The van der Waals surface area contributed by atoms with Crippen LogP contribution in [0.1, 0.15) is 32.3 Å². The molecule has 2 atom stereocenters. The van der Waals surface area contributed by atoms with E-state index in [4.69, 9.17) is 4.74 Å². The Kier molecular flexibility index (Phi) is 9.71. The van der Waals surface area contributed by atoms with Crippen LogP contribution < -0.4 is 9.64 Å². The monoisotopic (exact) mass is 433 g/mol. The fraction of sp³-hybridized carbons (Fsp3) is 0.450. The van der Waals surface area contributed by atoms with Gasteiger partial charge in [0.1, 0.15) is 0 Å². The van der Waals surface area contributed by atoms with Crippen molar-refractivity contribution in [2.75, 3.05) is 26.7 Å². The third-order valence-corrected chi connectivity index (χ3v) is 5.24. The van der Waals surface area contributed by atoms with Crippen LogP contribution in [0, 0.1) is 17.2 Å². The standard InChI is InChI=1S/C14H9N3O2Se.C6H15N/c1-19-11-5-3-2-4-8(11)12-9(6-15)13(18)17-14(20)10(12)7-16;1-4-7(5-2)6-3/h2-5,9,12H,1H3;4-6H2,1-3H3/q-1;/p+1. The van der Waals surface area contributed by atoms with Crippen LogP contribution in [0.4, 0.5) is 0 Å². The molecule has 27 heavy (non-hydrogen) atoms. The molecule has 143 valence electrons. The van der Waals surface area contributed by atoms with Crippen LogP contribution in [-0.2, 0) is 4.79 Å². The van der Waals surface area contributed by atoms with Crippen molar-refractivity contribution in [1.82, 2.24) is 0 Å². The summed E-state index contributed by atoms with van der Waals surface area (Å²) in [6, 6.07) is 8.98. The molecule has 0 saturated carbocycles. The molecule has 6 nitrogen and oxygen atoms in total. The van der Waals surface area contributed by atoms with Gasteiger partial charge in [0, 0.05) is 0 Å². The normalized spacial score (nSPS) is 18.7. The molecule has 1 amide bonds. The number of amides is 1. The summed E-state index contributed by atoms with van der Waals surface area (Å²) in [5.41, 5.74) is 0.912. The first-order valence-corrected chi connectivity index (χ1v) is 9.77. The number of hydrogen-bond acceptors (Lipinski definition) is 3. The van der Waals surface area contributed by atoms with Crippen molar-refractivity contribution >= 4 is 32.4 Å². The second-order valence-corrected chi connectivity index (χ2v) is 6.73. The molecule has 1 aliphatic heterocycles. The summed E-state index contributed by atoms with van der Waals surface area (Å²) in [6.45, 7) is 10.5. The van der Waals surface area contributed by atoms with Gasteiger partial charge in [0.05, 0.1) is 19.6 Å². The molecule has 1 aliphatic rings. The zero-order chi connectivity index (χ0) is 20.4. The minimum absolute atomic E-state index is 0.236. The van der Waals surface area contributed by atoms with E-state index in [1.54, 1.807) is 29.2 Å². The number of hydrogen-bond donors (Lipinski definition) is 1. The number of methoxy groups -OCH3 is 1. The molecule has 0 fully saturated rings. The molecule has 0 saturated heterocycles. The number of nitrogens with zero attached hydrogens (tertiary/aromatic N) is 3. The Labute approximate surface area is 169 Å². The van der Waals surface area contributed by atoms with Gasteiger partial charge in [-0.15, -0.1) is 0 Å². The quantitative estimate of drug-likeness (QED) is 0.559. The fourth-order valence-electron chi connectivity index (χ4n) is 2.93. The third kappa shape index (κ3) is 5.63. The molecule has 1 aromatic rings. The van der Waals surface area contributed by atoms with Gasteiger partial charge in [-0.05, 0) is 20.8 Å². The van der Waals surface area contributed by atoms with Crippen LogP contribution in [0.5, 0.6) is 5.75 Å². The van der Waals surface area contributed by atoms with Gasteiger partial charge < -0.3 is 4.90 Å². The minimum atomic E-state index is -1.02. The molecule has 0 spiro atoms. The van der Waals surface area contributed by atoms with Crippen LogP contribution in [0.25, 0.3) is 5.41 Å². The molecule has 0 bridgehead atoms. The van der Waals surface area contributed by atoms with Crippen molar-refractivity contribution in [3.05, 3.63) is 40.8 Å². The van der Waals surface area contributed by atoms with Gasteiger partial charge in [0.15, 0.2) is 0 Å². The topological polar surface area (TPSA) is 89.2 Å². The number of ether oxygens (including phenoxy) is 1. The summed E-state index contributed by atoms with van der Waals surface area (Å²) in [5, 5.41) is 18.5. The summed E-state index contributed by atoms with van der Waals surface area (Å²) in [5.74, 6) is 0.344.